The van der Waals surface area contributed by atoms with Gasteiger partial charge in [0, 0.05) is 5.92 Å². The molecule has 24 heavy (non-hydrogen) atoms. The molecule has 4 rings (SSSR count). The molecule has 4 aliphatic rings. The van der Waals surface area contributed by atoms with E-state index in [1.54, 1.807) is 0 Å². The third-order valence-corrected chi connectivity index (χ3v) is 10.0. The van der Waals surface area contributed by atoms with Crippen molar-refractivity contribution in [2.75, 3.05) is 5.33 Å². The Morgan fingerprint density at radius 2 is 1.67 bits per heavy atom. The summed E-state index contributed by atoms with van der Waals surface area (Å²) in [4.78, 5) is 12.5. The fraction of sp³-hybridized carbons (Fsp3) is 0.955. The summed E-state index contributed by atoms with van der Waals surface area (Å²) in [7, 11) is 0. The van der Waals surface area contributed by atoms with Crippen LogP contribution >= 0.6 is 15.9 Å². The average Bonchev–Trinajstić information content (AvgIpc) is 2.92. The van der Waals surface area contributed by atoms with Gasteiger partial charge in [0.1, 0.15) is 5.78 Å². The lowest BCUT2D eigenvalue weighted by molar-refractivity contribution is -0.134. The van der Waals surface area contributed by atoms with Crippen molar-refractivity contribution in [2.45, 2.75) is 78.6 Å². The number of ketones is 1. The number of hydrogen-bond acceptors (Lipinski definition) is 1. The van der Waals surface area contributed by atoms with Crippen molar-refractivity contribution in [1.82, 2.24) is 0 Å². The van der Waals surface area contributed by atoms with Crippen LogP contribution in [-0.4, -0.2) is 11.1 Å². The highest BCUT2D eigenvalue weighted by Gasteiger charge is 2.60. The van der Waals surface area contributed by atoms with E-state index in [4.69, 9.17) is 0 Å². The van der Waals surface area contributed by atoms with Crippen molar-refractivity contribution in [3.8, 4) is 0 Å². The number of carbonyl (C=O) groups is 1. The second-order valence-electron chi connectivity index (χ2n) is 10.3. The summed E-state index contributed by atoms with van der Waals surface area (Å²) in [5.74, 6) is 5.41. The molecule has 0 amide bonds. The van der Waals surface area contributed by atoms with E-state index in [1.165, 1.54) is 51.4 Å². The van der Waals surface area contributed by atoms with E-state index in [0.717, 1.165) is 36.0 Å². The molecule has 8 atom stereocenters. The highest BCUT2D eigenvalue weighted by atomic mass is 79.9. The number of Topliss-reactive ketones (excluding diaryl/α,β-unsaturated/α-hetero) is 1. The second kappa shape index (κ2) is 6.10. The first-order valence-electron chi connectivity index (χ1n) is 10.5. The number of carbonyl (C=O) groups excluding carboxylic acids is 1. The minimum Gasteiger partial charge on any atom is -0.298 e. The van der Waals surface area contributed by atoms with E-state index in [2.05, 4.69) is 36.7 Å². The van der Waals surface area contributed by atoms with Gasteiger partial charge in [0.2, 0.25) is 0 Å². The summed E-state index contributed by atoms with van der Waals surface area (Å²) in [6.07, 6.45) is 12.5. The van der Waals surface area contributed by atoms with Crippen LogP contribution in [0.1, 0.15) is 78.6 Å². The summed E-state index contributed by atoms with van der Waals surface area (Å²) >= 11 is 3.44. The molecule has 0 aromatic heterocycles. The molecule has 0 N–H and O–H groups in total. The van der Waals surface area contributed by atoms with Crippen LogP contribution in [0.2, 0.25) is 0 Å². The molecule has 2 heteroatoms. The predicted octanol–water partition coefficient (Wildman–Crippen LogP) is 6.25. The highest BCUT2D eigenvalue weighted by Crippen LogP contribution is 2.67. The summed E-state index contributed by atoms with van der Waals surface area (Å²) in [5, 5.41) is 0.561. The van der Waals surface area contributed by atoms with Crippen molar-refractivity contribution < 1.29 is 4.79 Å². The molecule has 0 bridgehead atoms. The molecule has 0 heterocycles. The van der Waals surface area contributed by atoms with Crippen LogP contribution in [0.3, 0.4) is 0 Å². The maximum absolute atomic E-state index is 12.5. The van der Waals surface area contributed by atoms with Crippen LogP contribution in [-0.2, 0) is 4.79 Å². The Labute approximate surface area is 156 Å². The van der Waals surface area contributed by atoms with Gasteiger partial charge in [-0.05, 0) is 91.8 Å². The minimum atomic E-state index is 0.303. The van der Waals surface area contributed by atoms with E-state index in [0.29, 0.717) is 27.9 Å². The smallest absolute Gasteiger partial charge is 0.147 e. The van der Waals surface area contributed by atoms with Gasteiger partial charge in [0.15, 0.2) is 0 Å². The quantitative estimate of drug-likeness (QED) is 0.506. The van der Waals surface area contributed by atoms with Crippen molar-refractivity contribution in [3.63, 3.8) is 0 Å². The molecule has 0 aromatic carbocycles. The van der Waals surface area contributed by atoms with Gasteiger partial charge < -0.3 is 0 Å². The van der Waals surface area contributed by atoms with Crippen LogP contribution in [0.15, 0.2) is 0 Å². The zero-order valence-corrected chi connectivity index (χ0v) is 17.4. The van der Waals surface area contributed by atoms with E-state index in [1.807, 2.05) is 0 Å². The van der Waals surface area contributed by atoms with Gasteiger partial charge in [-0.3, -0.25) is 4.79 Å². The lowest BCUT2D eigenvalue weighted by Gasteiger charge is -2.61. The van der Waals surface area contributed by atoms with E-state index in [-0.39, 0.29) is 0 Å². The highest BCUT2D eigenvalue weighted by molar-refractivity contribution is 9.09. The lowest BCUT2D eigenvalue weighted by atomic mass is 9.44. The third kappa shape index (κ3) is 2.41. The number of halogens is 1. The predicted molar refractivity (Wildman–Crippen MR) is 103 cm³/mol. The Balaban J connectivity index is 1.60. The summed E-state index contributed by atoms with van der Waals surface area (Å²) < 4.78 is 0. The van der Waals surface area contributed by atoms with Crippen molar-refractivity contribution >= 4 is 21.7 Å². The van der Waals surface area contributed by atoms with Crippen molar-refractivity contribution in [2.24, 2.45) is 46.3 Å². The maximum atomic E-state index is 12.5. The zero-order valence-electron chi connectivity index (χ0n) is 15.8. The normalized spacial score (nSPS) is 53.8. The minimum absolute atomic E-state index is 0.303. The third-order valence-electron chi connectivity index (χ3n) is 9.45. The van der Waals surface area contributed by atoms with Gasteiger partial charge >= 0.3 is 0 Å². The molecule has 4 fully saturated rings. The lowest BCUT2D eigenvalue weighted by Crippen LogP contribution is -2.53. The largest absolute Gasteiger partial charge is 0.298 e. The van der Waals surface area contributed by atoms with Gasteiger partial charge in [-0.1, -0.05) is 43.1 Å². The molecule has 0 aromatic rings. The SMILES string of the molecule is CC1CCC2(C)C(CC[C@@H]3C2CC[C@@]2(C)C3CC[C@@H]2C(=O)CBr)C1. The number of hydrogen-bond donors (Lipinski definition) is 0. The molecule has 0 radical (unpaired) electrons. The summed E-state index contributed by atoms with van der Waals surface area (Å²) in [5.41, 5.74) is 0.908. The Morgan fingerprint density at radius 1 is 0.958 bits per heavy atom. The topological polar surface area (TPSA) is 17.1 Å². The first-order chi connectivity index (χ1) is 11.4. The van der Waals surface area contributed by atoms with Gasteiger partial charge in [-0.2, -0.15) is 0 Å². The van der Waals surface area contributed by atoms with E-state index in [9.17, 15) is 4.79 Å². The molecule has 4 saturated carbocycles. The summed E-state index contributed by atoms with van der Waals surface area (Å²) in [6, 6.07) is 0. The van der Waals surface area contributed by atoms with Crippen LogP contribution in [0, 0.1) is 46.3 Å². The van der Waals surface area contributed by atoms with Crippen LogP contribution in [0.25, 0.3) is 0 Å². The Kier molecular flexibility index (Phi) is 4.46. The zero-order chi connectivity index (χ0) is 17.1. The molecule has 0 saturated heterocycles. The number of rotatable bonds is 2. The molecule has 4 aliphatic carbocycles. The standard InChI is InChI=1S/C22H35BrO/c1-14-8-10-21(2)15(12-14)4-5-16-17-6-7-19(20(24)13-23)22(17,3)11-9-18(16)21/h14-19H,4-13H2,1-3H3/t14?,15?,16-,17?,18?,19+,21?,22-/m0/s1. The molecular weight excluding hydrogens is 360 g/mol. The Morgan fingerprint density at radius 3 is 2.42 bits per heavy atom. The molecule has 136 valence electrons. The maximum Gasteiger partial charge on any atom is 0.147 e. The van der Waals surface area contributed by atoms with E-state index >= 15 is 0 Å². The molecule has 0 aliphatic heterocycles. The average molecular weight is 395 g/mol. The fourth-order valence-electron chi connectivity index (χ4n) is 8.09. The Hall–Kier alpha value is 0.150. The Bertz CT molecular complexity index is 516. The van der Waals surface area contributed by atoms with Crippen LogP contribution < -0.4 is 0 Å². The van der Waals surface area contributed by atoms with Crippen LogP contribution in [0.4, 0.5) is 0 Å². The monoisotopic (exact) mass is 394 g/mol. The number of fused-ring (bicyclic) bond motifs is 5. The van der Waals surface area contributed by atoms with E-state index < -0.39 is 0 Å². The van der Waals surface area contributed by atoms with Crippen molar-refractivity contribution in [3.05, 3.63) is 0 Å². The van der Waals surface area contributed by atoms with Crippen molar-refractivity contribution in [1.29, 1.82) is 0 Å². The molecule has 0 spiro atoms. The molecular formula is C22H35BrO. The fourth-order valence-corrected chi connectivity index (χ4v) is 8.49. The first-order valence-corrected chi connectivity index (χ1v) is 11.6. The first kappa shape index (κ1) is 17.6. The van der Waals surface area contributed by atoms with Crippen LogP contribution in [0.5, 0.6) is 0 Å². The van der Waals surface area contributed by atoms with Gasteiger partial charge in [-0.25, -0.2) is 0 Å². The summed E-state index contributed by atoms with van der Waals surface area (Å²) in [6.45, 7) is 7.60. The number of alkyl halides is 1. The molecule has 5 unspecified atom stereocenters. The molecule has 1 nitrogen and oxygen atoms in total. The van der Waals surface area contributed by atoms with Gasteiger partial charge in [0.25, 0.3) is 0 Å². The van der Waals surface area contributed by atoms with Gasteiger partial charge in [-0.15, -0.1) is 0 Å². The van der Waals surface area contributed by atoms with Gasteiger partial charge in [0.05, 0.1) is 5.33 Å². The second-order valence-corrected chi connectivity index (χ2v) is 10.9.